The maximum atomic E-state index is 11.1. The Labute approximate surface area is 132 Å². The highest BCUT2D eigenvalue weighted by Crippen LogP contribution is 2.48. The summed E-state index contributed by atoms with van der Waals surface area (Å²) in [6, 6.07) is 11.6. The molecule has 1 N–H and O–H groups in total. The molecule has 0 aliphatic carbocycles. The number of nitrogens with zero attached hydrogens (tertiary/aromatic N) is 1. The van der Waals surface area contributed by atoms with Crippen molar-refractivity contribution < 1.29 is 5.11 Å². The summed E-state index contributed by atoms with van der Waals surface area (Å²) in [7, 11) is 0. The number of hydrogen-bond donors (Lipinski definition) is 1. The third kappa shape index (κ3) is 2.64. The molecule has 2 saturated heterocycles. The molecule has 0 radical (unpaired) electrons. The largest absolute Gasteiger partial charge is 0.377 e. The highest BCUT2D eigenvalue weighted by molar-refractivity contribution is 8.00. The Morgan fingerprint density at radius 1 is 1.19 bits per heavy atom. The highest BCUT2D eigenvalue weighted by Gasteiger charge is 2.49. The molecule has 2 nitrogen and oxygen atoms in total. The van der Waals surface area contributed by atoms with Gasteiger partial charge in [0.05, 0.1) is 4.75 Å². The van der Waals surface area contributed by atoms with Crippen molar-refractivity contribution in [2.24, 2.45) is 5.92 Å². The van der Waals surface area contributed by atoms with Gasteiger partial charge in [-0.25, -0.2) is 0 Å². The molecule has 116 valence electrons. The average Bonchev–Trinajstić information content (AvgIpc) is 2.52. The first-order chi connectivity index (χ1) is 10.1. The second-order valence-electron chi connectivity index (χ2n) is 6.92. The second-order valence-corrected chi connectivity index (χ2v) is 8.27. The summed E-state index contributed by atoms with van der Waals surface area (Å²) in [5.41, 5.74) is 1.36. The van der Waals surface area contributed by atoms with Crippen LogP contribution in [-0.2, 0) is 0 Å². The van der Waals surface area contributed by atoms with Crippen molar-refractivity contribution in [2.75, 3.05) is 6.26 Å². The Hall–Kier alpha value is -0.510. The lowest BCUT2D eigenvalue weighted by Gasteiger charge is -2.56. The van der Waals surface area contributed by atoms with E-state index in [0.717, 1.165) is 12.8 Å². The Kier molecular flexibility index (Phi) is 4.35. The molecule has 1 aromatic carbocycles. The van der Waals surface area contributed by atoms with Crippen LogP contribution in [0.25, 0.3) is 0 Å². The normalized spacial score (nSPS) is 40.8. The van der Waals surface area contributed by atoms with Gasteiger partial charge in [-0.2, -0.15) is 11.8 Å². The van der Waals surface area contributed by atoms with Crippen LogP contribution >= 0.6 is 11.8 Å². The predicted molar refractivity (Wildman–Crippen MR) is 90.4 cm³/mol. The zero-order valence-corrected chi connectivity index (χ0v) is 14.1. The van der Waals surface area contributed by atoms with E-state index in [9.17, 15) is 5.11 Å². The number of aliphatic hydroxyl groups is 1. The van der Waals surface area contributed by atoms with Crippen LogP contribution in [0, 0.1) is 5.92 Å². The first-order valence-electron chi connectivity index (χ1n) is 8.12. The van der Waals surface area contributed by atoms with Crippen LogP contribution in [0.1, 0.15) is 51.1 Å². The molecule has 2 aliphatic heterocycles. The monoisotopic (exact) mass is 305 g/mol. The van der Waals surface area contributed by atoms with Crippen LogP contribution in [0.5, 0.6) is 0 Å². The Bertz CT molecular complexity index is 479. The van der Waals surface area contributed by atoms with Crippen LogP contribution < -0.4 is 0 Å². The molecule has 2 aliphatic rings. The molecule has 5 atom stereocenters. The maximum absolute atomic E-state index is 11.1. The van der Waals surface area contributed by atoms with E-state index in [1.807, 2.05) is 11.8 Å². The highest BCUT2D eigenvalue weighted by atomic mass is 32.2. The van der Waals surface area contributed by atoms with E-state index >= 15 is 0 Å². The van der Waals surface area contributed by atoms with Crippen molar-refractivity contribution in [1.29, 1.82) is 0 Å². The quantitative estimate of drug-likeness (QED) is 0.891. The van der Waals surface area contributed by atoms with Crippen molar-refractivity contribution in [3.8, 4) is 0 Å². The first kappa shape index (κ1) is 15.4. The number of rotatable bonds is 2. The molecule has 3 heteroatoms. The standard InChI is InChI=1S/C18H27NOS/c1-13-9-10-16(14-7-5-4-6-8-14)19-15(13)11-12-18(2,21-3)17(19)20/h4-8,13,15-17,20H,9-12H2,1-3H3/t13-,15-,16-,17+,18+/m0/s1. The number of fused-ring (bicyclic) bond motifs is 1. The summed E-state index contributed by atoms with van der Waals surface area (Å²) in [6.07, 6.45) is 6.53. The Balaban J connectivity index is 1.95. The number of piperidine rings is 2. The fourth-order valence-electron chi connectivity index (χ4n) is 4.17. The predicted octanol–water partition coefficient (Wildman–Crippen LogP) is 4.06. The van der Waals surface area contributed by atoms with Gasteiger partial charge in [-0.3, -0.25) is 4.90 Å². The summed E-state index contributed by atoms with van der Waals surface area (Å²) in [6.45, 7) is 4.58. The van der Waals surface area contributed by atoms with Gasteiger partial charge in [0, 0.05) is 12.1 Å². The van der Waals surface area contributed by atoms with Crippen LogP contribution in [0.15, 0.2) is 30.3 Å². The SMILES string of the molecule is CS[C@]1(C)CC[C@H]2[C@@H](C)CC[C@@H](c3ccccc3)N2[C@@H]1O. The van der Waals surface area contributed by atoms with Gasteiger partial charge in [0.15, 0.2) is 0 Å². The molecule has 21 heavy (non-hydrogen) atoms. The zero-order valence-electron chi connectivity index (χ0n) is 13.3. The van der Waals surface area contributed by atoms with Gasteiger partial charge >= 0.3 is 0 Å². The van der Waals surface area contributed by atoms with Gasteiger partial charge in [0.1, 0.15) is 6.23 Å². The third-order valence-corrected chi connectivity index (χ3v) is 7.06. The fraction of sp³-hybridized carbons (Fsp3) is 0.667. The van der Waals surface area contributed by atoms with E-state index in [1.165, 1.54) is 18.4 Å². The van der Waals surface area contributed by atoms with E-state index in [0.29, 0.717) is 18.0 Å². The van der Waals surface area contributed by atoms with Gasteiger partial charge in [0.25, 0.3) is 0 Å². The lowest BCUT2D eigenvalue weighted by molar-refractivity contribution is -0.132. The van der Waals surface area contributed by atoms with Gasteiger partial charge in [-0.1, -0.05) is 37.3 Å². The van der Waals surface area contributed by atoms with Crippen molar-refractivity contribution in [2.45, 2.75) is 62.6 Å². The van der Waals surface area contributed by atoms with Gasteiger partial charge in [-0.15, -0.1) is 0 Å². The molecule has 3 rings (SSSR count). The second kappa shape index (κ2) is 5.94. The molecule has 2 fully saturated rings. The molecule has 0 amide bonds. The smallest absolute Gasteiger partial charge is 0.122 e. The molecule has 0 aromatic heterocycles. The first-order valence-corrected chi connectivity index (χ1v) is 9.35. The van der Waals surface area contributed by atoms with Crippen molar-refractivity contribution >= 4 is 11.8 Å². The molecule has 2 heterocycles. The zero-order chi connectivity index (χ0) is 15.0. The minimum absolute atomic E-state index is 0.0411. The average molecular weight is 305 g/mol. The molecule has 0 saturated carbocycles. The lowest BCUT2D eigenvalue weighted by atomic mass is 9.77. The Morgan fingerprint density at radius 3 is 2.57 bits per heavy atom. The minimum atomic E-state index is -0.348. The van der Waals surface area contributed by atoms with Crippen LogP contribution in [-0.4, -0.2) is 33.3 Å². The Morgan fingerprint density at radius 2 is 1.90 bits per heavy atom. The van der Waals surface area contributed by atoms with Crippen molar-refractivity contribution in [3.05, 3.63) is 35.9 Å². The molecule has 0 unspecified atom stereocenters. The lowest BCUT2D eigenvalue weighted by Crippen LogP contribution is -2.61. The van der Waals surface area contributed by atoms with E-state index in [1.54, 1.807) is 0 Å². The topological polar surface area (TPSA) is 23.5 Å². The molecular formula is C18H27NOS. The summed E-state index contributed by atoms with van der Waals surface area (Å²) in [5.74, 6) is 0.686. The van der Waals surface area contributed by atoms with Crippen LogP contribution in [0.2, 0.25) is 0 Å². The van der Waals surface area contributed by atoms with E-state index in [4.69, 9.17) is 0 Å². The van der Waals surface area contributed by atoms with E-state index in [2.05, 4.69) is 55.3 Å². The number of hydrogen-bond acceptors (Lipinski definition) is 3. The molecule has 1 aromatic rings. The number of thioether (sulfide) groups is 1. The van der Waals surface area contributed by atoms with Gasteiger partial charge in [-0.05, 0) is 50.3 Å². The third-order valence-electron chi connectivity index (χ3n) is 5.71. The van der Waals surface area contributed by atoms with Crippen LogP contribution in [0.4, 0.5) is 0 Å². The van der Waals surface area contributed by atoms with Gasteiger partial charge in [0.2, 0.25) is 0 Å². The molecule has 0 bridgehead atoms. The van der Waals surface area contributed by atoms with Crippen molar-refractivity contribution in [1.82, 2.24) is 4.90 Å². The molecule has 0 spiro atoms. The van der Waals surface area contributed by atoms with E-state index < -0.39 is 0 Å². The summed E-state index contributed by atoms with van der Waals surface area (Å²) in [5, 5.41) is 11.1. The molecular weight excluding hydrogens is 278 g/mol. The minimum Gasteiger partial charge on any atom is -0.377 e. The number of aliphatic hydroxyl groups excluding tert-OH is 1. The summed E-state index contributed by atoms with van der Waals surface area (Å²) < 4.78 is -0.0411. The van der Waals surface area contributed by atoms with Gasteiger partial charge < -0.3 is 5.11 Å². The fourth-order valence-corrected chi connectivity index (χ4v) is 4.83. The maximum Gasteiger partial charge on any atom is 0.122 e. The van der Waals surface area contributed by atoms with Crippen molar-refractivity contribution in [3.63, 3.8) is 0 Å². The van der Waals surface area contributed by atoms with E-state index in [-0.39, 0.29) is 11.0 Å². The summed E-state index contributed by atoms with van der Waals surface area (Å²) >= 11 is 1.82. The van der Waals surface area contributed by atoms with Crippen LogP contribution in [0.3, 0.4) is 0 Å². The number of benzene rings is 1. The summed E-state index contributed by atoms with van der Waals surface area (Å²) in [4.78, 5) is 2.43.